The Bertz CT molecular complexity index is 752. The molecule has 0 unspecified atom stereocenters. The van der Waals surface area contributed by atoms with Gasteiger partial charge in [-0.1, -0.05) is 17.7 Å². The van der Waals surface area contributed by atoms with E-state index >= 15 is 0 Å². The lowest BCUT2D eigenvalue weighted by molar-refractivity contribution is -0.148. The number of ether oxygens (including phenoxy) is 1. The van der Waals surface area contributed by atoms with Crippen molar-refractivity contribution >= 4 is 11.8 Å². The van der Waals surface area contributed by atoms with Gasteiger partial charge < -0.3 is 14.7 Å². The number of pyridine rings is 1. The Morgan fingerprint density at radius 1 is 1.28 bits per heavy atom. The van der Waals surface area contributed by atoms with E-state index in [2.05, 4.69) is 4.90 Å². The first kappa shape index (κ1) is 17.3. The van der Waals surface area contributed by atoms with Crippen LogP contribution in [-0.2, 0) is 9.53 Å². The number of phenols is 1. The van der Waals surface area contributed by atoms with Crippen LogP contribution in [0.15, 0.2) is 36.4 Å². The fourth-order valence-electron chi connectivity index (χ4n) is 3.21. The highest BCUT2D eigenvalue weighted by Gasteiger charge is 2.26. The van der Waals surface area contributed by atoms with E-state index in [-0.39, 0.29) is 17.6 Å². The zero-order chi connectivity index (χ0) is 17.8. The molecule has 1 fully saturated rings. The van der Waals surface area contributed by atoms with Crippen molar-refractivity contribution < 1.29 is 14.6 Å². The summed E-state index contributed by atoms with van der Waals surface area (Å²) in [6, 6.07) is 11.3. The first-order chi connectivity index (χ1) is 12.1. The number of aryl methyl sites for hydroxylation is 1. The predicted molar refractivity (Wildman–Crippen MR) is 97.6 cm³/mol. The van der Waals surface area contributed by atoms with Crippen LogP contribution in [0.5, 0.6) is 5.75 Å². The molecule has 0 aliphatic carbocycles. The maximum atomic E-state index is 11.9. The molecule has 0 saturated carbocycles. The molecule has 2 heterocycles. The Balaban J connectivity index is 1.75. The number of phenolic OH excluding ortho intramolecular Hbond substituents is 1. The van der Waals surface area contributed by atoms with Gasteiger partial charge in [-0.25, -0.2) is 4.98 Å². The molecular formula is C20H24N2O3. The molecule has 1 N–H and O–H groups in total. The zero-order valence-electron chi connectivity index (χ0n) is 14.7. The Hall–Kier alpha value is -2.56. The lowest BCUT2D eigenvalue weighted by Gasteiger charge is -2.31. The van der Waals surface area contributed by atoms with E-state index in [1.807, 2.05) is 44.2 Å². The second-order valence-corrected chi connectivity index (χ2v) is 6.41. The molecule has 5 nitrogen and oxygen atoms in total. The summed E-state index contributed by atoms with van der Waals surface area (Å²) in [7, 11) is 0. The Labute approximate surface area is 148 Å². The van der Waals surface area contributed by atoms with Crippen molar-refractivity contribution in [1.82, 2.24) is 4.98 Å². The number of piperidine rings is 1. The molecule has 0 radical (unpaired) electrons. The van der Waals surface area contributed by atoms with Crippen LogP contribution in [0.4, 0.5) is 5.82 Å². The van der Waals surface area contributed by atoms with Crippen molar-refractivity contribution in [3.63, 3.8) is 0 Å². The number of hydrogen-bond acceptors (Lipinski definition) is 5. The molecule has 25 heavy (non-hydrogen) atoms. The molecule has 3 rings (SSSR count). The molecule has 2 aromatic rings. The highest BCUT2D eigenvalue weighted by atomic mass is 16.5. The lowest BCUT2D eigenvalue weighted by atomic mass is 9.97. The fraction of sp³-hybridized carbons (Fsp3) is 0.400. The van der Waals surface area contributed by atoms with Gasteiger partial charge in [0.2, 0.25) is 0 Å². The molecule has 1 aliphatic rings. The first-order valence-electron chi connectivity index (χ1n) is 8.77. The highest BCUT2D eigenvalue weighted by Crippen LogP contribution is 2.30. The van der Waals surface area contributed by atoms with Gasteiger partial charge in [0.1, 0.15) is 11.6 Å². The van der Waals surface area contributed by atoms with E-state index in [1.54, 1.807) is 6.07 Å². The minimum absolute atomic E-state index is 0.0137. The van der Waals surface area contributed by atoms with Crippen LogP contribution in [0.3, 0.4) is 0 Å². The van der Waals surface area contributed by atoms with Gasteiger partial charge in [-0.3, -0.25) is 4.79 Å². The third kappa shape index (κ3) is 3.92. The van der Waals surface area contributed by atoms with Gasteiger partial charge in [-0.2, -0.15) is 0 Å². The lowest BCUT2D eigenvalue weighted by Crippen LogP contribution is -2.37. The van der Waals surface area contributed by atoms with Crippen LogP contribution in [0.25, 0.3) is 11.3 Å². The van der Waals surface area contributed by atoms with Crippen molar-refractivity contribution in [2.45, 2.75) is 26.7 Å². The van der Waals surface area contributed by atoms with Gasteiger partial charge in [0, 0.05) is 18.7 Å². The van der Waals surface area contributed by atoms with Gasteiger partial charge in [0.25, 0.3) is 0 Å². The normalized spacial score (nSPS) is 15.2. The molecule has 5 heteroatoms. The number of carbonyl (C=O) groups is 1. The summed E-state index contributed by atoms with van der Waals surface area (Å²) in [6.07, 6.45) is 1.56. The number of hydrogen-bond donors (Lipinski definition) is 1. The van der Waals surface area contributed by atoms with Crippen LogP contribution >= 0.6 is 0 Å². The third-order valence-electron chi connectivity index (χ3n) is 4.60. The first-order valence-corrected chi connectivity index (χ1v) is 8.77. The number of nitrogens with zero attached hydrogens (tertiary/aromatic N) is 2. The molecular weight excluding hydrogens is 316 g/mol. The second kappa shape index (κ2) is 7.55. The maximum absolute atomic E-state index is 11.9. The van der Waals surface area contributed by atoms with Crippen molar-refractivity contribution in [3.05, 3.63) is 42.0 Å². The highest BCUT2D eigenvalue weighted by molar-refractivity contribution is 5.73. The van der Waals surface area contributed by atoms with Crippen LogP contribution in [0, 0.1) is 12.8 Å². The van der Waals surface area contributed by atoms with E-state index in [9.17, 15) is 9.90 Å². The van der Waals surface area contributed by atoms with E-state index < -0.39 is 0 Å². The minimum atomic E-state index is -0.0893. The largest absolute Gasteiger partial charge is 0.507 e. The smallest absolute Gasteiger partial charge is 0.309 e. The van der Waals surface area contributed by atoms with Crippen LogP contribution in [0.1, 0.15) is 25.3 Å². The second-order valence-electron chi connectivity index (χ2n) is 6.41. The quantitative estimate of drug-likeness (QED) is 0.863. The molecule has 1 aliphatic heterocycles. The predicted octanol–water partition coefficient (Wildman–Crippen LogP) is 3.54. The fourth-order valence-corrected chi connectivity index (χ4v) is 3.21. The number of aromatic hydroxyl groups is 1. The maximum Gasteiger partial charge on any atom is 0.309 e. The molecule has 0 bridgehead atoms. The average Bonchev–Trinajstić information content (AvgIpc) is 2.64. The minimum Gasteiger partial charge on any atom is -0.507 e. The number of anilines is 1. The number of carbonyl (C=O) groups excluding carboxylic acids is 1. The monoisotopic (exact) mass is 340 g/mol. The van der Waals surface area contributed by atoms with E-state index in [0.29, 0.717) is 6.61 Å². The molecule has 1 aromatic heterocycles. The number of rotatable bonds is 4. The topological polar surface area (TPSA) is 62.7 Å². The van der Waals surface area contributed by atoms with Gasteiger partial charge in [0.15, 0.2) is 0 Å². The molecule has 132 valence electrons. The standard InChI is InChI=1S/C20H24N2O3/c1-3-25-20(24)15-9-11-22(12-10-15)19-6-4-5-17(21-19)16-13-14(2)7-8-18(16)23/h4-8,13,15,23H,3,9-12H2,1-2H3. The van der Waals surface area contributed by atoms with Gasteiger partial charge in [0.05, 0.1) is 18.2 Å². The van der Waals surface area contributed by atoms with Crippen LogP contribution in [0.2, 0.25) is 0 Å². The van der Waals surface area contributed by atoms with Gasteiger partial charge in [-0.05, 0) is 51.0 Å². The Morgan fingerprint density at radius 2 is 2.04 bits per heavy atom. The number of benzene rings is 1. The van der Waals surface area contributed by atoms with Crippen LogP contribution in [-0.4, -0.2) is 35.8 Å². The SMILES string of the molecule is CCOC(=O)C1CCN(c2cccc(-c3cc(C)ccc3O)n2)CC1. The number of aromatic nitrogens is 1. The third-order valence-corrected chi connectivity index (χ3v) is 4.60. The summed E-state index contributed by atoms with van der Waals surface area (Å²) in [5.74, 6) is 1.01. The average molecular weight is 340 g/mol. The summed E-state index contributed by atoms with van der Waals surface area (Å²) in [5, 5.41) is 10.1. The summed E-state index contributed by atoms with van der Waals surface area (Å²) in [6.45, 7) is 5.82. The molecule has 0 amide bonds. The summed E-state index contributed by atoms with van der Waals surface area (Å²) in [5.41, 5.74) is 2.57. The summed E-state index contributed by atoms with van der Waals surface area (Å²) in [4.78, 5) is 18.8. The van der Waals surface area contributed by atoms with Crippen molar-refractivity contribution in [2.24, 2.45) is 5.92 Å². The Kier molecular flexibility index (Phi) is 5.22. The summed E-state index contributed by atoms with van der Waals surface area (Å²) >= 11 is 0. The van der Waals surface area contributed by atoms with E-state index in [1.165, 1.54) is 0 Å². The number of esters is 1. The Morgan fingerprint density at radius 3 is 2.76 bits per heavy atom. The van der Waals surface area contributed by atoms with Crippen molar-refractivity contribution in [2.75, 3.05) is 24.6 Å². The van der Waals surface area contributed by atoms with Crippen molar-refractivity contribution in [3.8, 4) is 17.0 Å². The zero-order valence-corrected chi connectivity index (χ0v) is 14.7. The molecule has 1 aromatic carbocycles. The van der Waals surface area contributed by atoms with E-state index in [4.69, 9.17) is 9.72 Å². The van der Waals surface area contributed by atoms with Crippen molar-refractivity contribution in [1.29, 1.82) is 0 Å². The molecule has 0 spiro atoms. The van der Waals surface area contributed by atoms with Gasteiger partial charge in [-0.15, -0.1) is 0 Å². The summed E-state index contributed by atoms with van der Waals surface area (Å²) < 4.78 is 5.12. The van der Waals surface area contributed by atoms with Gasteiger partial charge >= 0.3 is 5.97 Å². The molecule has 1 saturated heterocycles. The van der Waals surface area contributed by atoms with E-state index in [0.717, 1.165) is 48.6 Å². The molecule has 0 atom stereocenters. The van der Waals surface area contributed by atoms with Crippen LogP contribution < -0.4 is 4.90 Å².